The molecule has 2 aliphatic heterocycles. The average molecular weight is 273 g/mol. The lowest BCUT2D eigenvalue weighted by Gasteiger charge is -2.42. The van der Waals surface area contributed by atoms with E-state index >= 15 is 0 Å². The van der Waals surface area contributed by atoms with Gasteiger partial charge in [-0.2, -0.15) is 0 Å². The van der Waals surface area contributed by atoms with Crippen molar-refractivity contribution in [3.8, 4) is 0 Å². The van der Waals surface area contributed by atoms with Crippen molar-refractivity contribution in [1.82, 2.24) is 9.80 Å². The molecule has 2 saturated heterocycles. The summed E-state index contributed by atoms with van der Waals surface area (Å²) in [5.74, 6) is 0. The predicted octanol–water partition coefficient (Wildman–Crippen LogP) is 2.21. The van der Waals surface area contributed by atoms with E-state index in [-0.39, 0.29) is 0 Å². The topological polar surface area (TPSA) is 9.72 Å². The zero-order chi connectivity index (χ0) is 13.9. The van der Waals surface area contributed by atoms with Gasteiger partial charge in [0.15, 0.2) is 0 Å². The highest BCUT2D eigenvalue weighted by Gasteiger charge is 2.26. The first kappa shape index (κ1) is 13.9. The molecule has 110 valence electrons. The minimum absolute atomic E-state index is 0.809. The fourth-order valence-electron chi connectivity index (χ4n) is 3.58. The first-order valence-corrected chi connectivity index (χ1v) is 7.97. The Hall–Kier alpha value is -1.06. The van der Waals surface area contributed by atoms with E-state index in [1.54, 1.807) is 0 Å². The van der Waals surface area contributed by atoms with Crippen LogP contribution in [-0.2, 0) is 0 Å². The molecule has 3 heteroatoms. The molecule has 2 heterocycles. The van der Waals surface area contributed by atoms with Gasteiger partial charge >= 0.3 is 0 Å². The number of hydrogen-bond acceptors (Lipinski definition) is 3. The van der Waals surface area contributed by atoms with E-state index < -0.39 is 0 Å². The van der Waals surface area contributed by atoms with Gasteiger partial charge in [-0.1, -0.05) is 18.2 Å². The maximum atomic E-state index is 2.72. The van der Waals surface area contributed by atoms with Crippen LogP contribution in [0.3, 0.4) is 0 Å². The molecule has 0 N–H and O–H groups in total. The number of nitrogens with zero attached hydrogens (tertiary/aromatic N) is 3. The molecule has 0 amide bonds. The first-order valence-electron chi connectivity index (χ1n) is 7.97. The van der Waals surface area contributed by atoms with E-state index in [0.717, 1.165) is 6.04 Å². The molecule has 0 unspecified atom stereocenters. The van der Waals surface area contributed by atoms with Gasteiger partial charge < -0.3 is 9.80 Å². The first-order chi connectivity index (χ1) is 9.74. The fourth-order valence-corrected chi connectivity index (χ4v) is 3.58. The van der Waals surface area contributed by atoms with Crippen molar-refractivity contribution in [1.29, 1.82) is 0 Å². The molecule has 0 aliphatic carbocycles. The largest absolute Gasteiger partial charge is 0.371 e. The lowest BCUT2D eigenvalue weighted by molar-refractivity contribution is 0.0982. The van der Waals surface area contributed by atoms with Crippen LogP contribution in [0.4, 0.5) is 5.69 Å². The number of hydrogen-bond donors (Lipinski definition) is 0. The summed E-state index contributed by atoms with van der Waals surface area (Å²) in [4.78, 5) is 7.73. The van der Waals surface area contributed by atoms with Crippen LogP contribution in [0.25, 0.3) is 0 Å². The minimum Gasteiger partial charge on any atom is -0.371 e. The molecular formula is C17H27N3. The number of rotatable bonds is 2. The molecule has 1 aromatic rings. The van der Waals surface area contributed by atoms with Crippen LogP contribution in [0.2, 0.25) is 0 Å². The van der Waals surface area contributed by atoms with Crippen molar-refractivity contribution in [2.24, 2.45) is 0 Å². The van der Waals surface area contributed by atoms with Crippen molar-refractivity contribution in [3.63, 3.8) is 0 Å². The summed E-state index contributed by atoms with van der Waals surface area (Å²) in [5, 5.41) is 0. The zero-order valence-electron chi connectivity index (χ0n) is 12.9. The third kappa shape index (κ3) is 2.99. The second kappa shape index (κ2) is 6.15. The van der Waals surface area contributed by atoms with Crippen molar-refractivity contribution in [3.05, 3.63) is 29.8 Å². The van der Waals surface area contributed by atoms with Gasteiger partial charge in [-0.3, -0.25) is 4.90 Å². The molecule has 0 radical (unpaired) electrons. The number of likely N-dealkylation sites (N-methyl/N-ethyl adjacent to an activating group) is 1. The van der Waals surface area contributed by atoms with Crippen LogP contribution >= 0.6 is 0 Å². The number of para-hydroxylation sites is 1. The third-order valence-electron chi connectivity index (χ3n) is 4.97. The second-order valence-corrected chi connectivity index (χ2v) is 6.34. The third-order valence-corrected chi connectivity index (χ3v) is 4.97. The Bertz CT molecular complexity index is 430. The van der Waals surface area contributed by atoms with Gasteiger partial charge in [0.1, 0.15) is 0 Å². The number of benzene rings is 1. The van der Waals surface area contributed by atoms with Gasteiger partial charge in [-0.25, -0.2) is 0 Å². The zero-order valence-corrected chi connectivity index (χ0v) is 12.9. The van der Waals surface area contributed by atoms with E-state index in [9.17, 15) is 0 Å². The molecular weight excluding hydrogens is 246 g/mol. The molecule has 3 rings (SSSR count). The Labute approximate surface area is 123 Å². The monoisotopic (exact) mass is 273 g/mol. The standard InChI is InChI=1S/C17H27N3/c1-15-5-3-4-6-17(15)20-9-7-16(8-10-20)19-13-11-18(2)12-14-19/h3-6,16H,7-14H2,1-2H3. The van der Waals surface area contributed by atoms with Crippen LogP contribution in [0.5, 0.6) is 0 Å². The average Bonchev–Trinajstić information content (AvgIpc) is 2.49. The highest BCUT2D eigenvalue weighted by atomic mass is 15.3. The Morgan fingerprint density at radius 3 is 2.20 bits per heavy atom. The highest BCUT2D eigenvalue weighted by molar-refractivity contribution is 5.53. The molecule has 0 bridgehead atoms. The lowest BCUT2D eigenvalue weighted by atomic mass is 10.0. The highest BCUT2D eigenvalue weighted by Crippen LogP contribution is 2.25. The number of piperidine rings is 1. The molecule has 3 nitrogen and oxygen atoms in total. The van der Waals surface area contributed by atoms with Crippen LogP contribution in [-0.4, -0.2) is 62.2 Å². The predicted molar refractivity (Wildman–Crippen MR) is 85.5 cm³/mol. The quantitative estimate of drug-likeness (QED) is 0.818. The van der Waals surface area contributed by atoms with Gasteiger partial charge in [-0.05, 0) is 38.4 Å². The van der Waals surface area contributed by atoms with E-state index in [2.05, 4.69) is 52.9 Å². The molecule has 0 atom stereocenters. The Morgan fingerprint density at radius 2 is 1.55 bits per heavy atom. The van der Waals surface area contributed by atoms with Crippen molar-refractivity contribution in [2.75, 3.05) is 51.2 Å². The normalized spacial score (nSPS) is 23.2. The van der Waals surface area contributed by atoms with Crippen LogP contribution in [0.1, 0.15) is 18.4 Å². The van der Waals surface area contributed by atoms with Gasteiger partial charge in [0.2, 0.25) is 0 Å². The minimum atomic E-state index is 0.809. The summed E-state index contributed by atoms with van der Waals surface area (Å²) in [5.41, 5.74) is 2.84. The number of anilines is 1. The van der Waals surface area contributed by atoms with E-state index in [0.29, 0.717) is 0 Å². The molecule has 2 fully saturated rings. The van der Waals surface area contributed by atoms with Crippen molar-refractivity contribution >= 4 is 5.69 Å². The van der Waals surface area contributed by atoms with E-state index in [1.807, 2.05) is 0 Å². The molecule has 2 aliphatic rings. The van der Waals surface area contributed by atoms with Gasteiger partial charge in [0, 0.05) is 51.0 Å². The Balaban J connectivity index is 1.56. The Kier molecular flexibility index (Phi) is 4.27. The van der Waals surface area contributed by atoms with Crippen molar-refractivity contribution < 1.29 is 0 Å². The van der Waals surface area contributed by atoms with Crippen LogP contribution in [0, 0.1) is 6.92 Å². The lowest BCUT2D eigenvalue weighted by Crippen LogP contribution is -2.52. The SMILES string of the molecule is Cc1ccccc1N1CCC(N2CCN(C)CC2)CC1. The molecule has 1 aromatic carbocycles. The number of piperazine rings is 1. The molecule has 20 heavy (non-hydrogen) atoms. The Morgan fingerprint density at radius 1 is 0.900 bits per heavy atom. The summed E-state index contributed by atoms with van der Waals surface area (Å²) in [6.07, 6.45) is 2.64. The second-order valence-electron chi connectivity index (χ2n) is 6.34. The van der Waals surface area contributed by atoms with Crippen molar-refractivity contribution in [2.45, 2.75) is 25.8 Å². The summed E-state index contributed by atoms with van der Waals surface area (Å²) >= 11 is 0. The summed E-state index contributed by atoms with van der Waals surface area (Å²) in [6.45, 7) is 9.62. The molecule has 0 spiro atoms. The summed E-state index contributed by atoms with van der Waals surface area (Å²) in [6, 6.07) is 9.60. The fraction of sp³-hybridized carbons (Fsp3) is 0.647. The van der Waals surface area contributed by atoms with Crippen LogP contribution in [0.15, 0.2) is 24.3 Å². The number of aryl methyl sites for hydroxylation is 1. The smallest absolute Gasteiger partial charge is 0.0395 e. The summed E-state index contributed by atoms with van der Waals surface area (Å²) in [7, 11) is 2.23. The molecule has 0 saturated carbocycles. The molecule has 0 aromatic heterocycles. The van der Waals surface area contributed by atoms with Gasteiger partial charge in [0.05, 0.1) is 0 Å². The van der Waals surface area contributed by atoms with E-state index in [4.69, 9.17) is 0 Å². The van der Waals surface area contributed by atoms with Gasteiger partial charge in [-0.15, -0.1) is 0 Å². The van der Waals surface area contributed by atoms with Gasteiger partial charge in [0.25, 0.3) is 0 Å². The summed E-state index contributed by atoms with van der Waals surface area (Å²) < 4.78 is 0. The maximum Gasteiger partial charge on any atom is 0.0395 e. The van der Waals surface area contributed by atoms with Crippen LogP contribution < -0.4 is 4.90 Å². The maximum absolute atomic E-state index is 2.72. The van der Waals surface area contributed by atoms with E-state index in [1.165, 1.54) is 63.4 Å².